The molecule has 8 heteroatoms. The molecule has 28 heavy (non-hydrogen) atoms. The van der Waals surface area contributed by atoms with Gasteiger partial charge in [-0.1, -0.05) is 45.9 Å². The van der Waals surface area contributed by atoms with Gasteiger partial charge in [0.15, 0.2) is 0 Å². The molecule has 0 atom stereocenters. The number of thiazole rings is 1. The SMILES string of the molecule is CC.CC.Cc1nc(-c2cc(C(F)(F)F)n(-c3ccccc3)c2)sc1C(=O)O. The Morgan fingerprint density at radius 2 is 1.68 bits per heavy atom. The number of carbonyl (C=O) groups is 1. The second kappa shape index (κ2) is 10.1. The summed E-state index contributed by atoms with van der Waals surface area (Å²) in [4.78, 5) is 15.2. The lowest BCUT2D eigenvalue weighted by Gasteiger charge is -2.11. The molecule has 1 N–H and O–H groups in total. The fourth-order valence-electron chi connectivity index (χ4n) is 2.32. The number of alkyl halides is 3. The second-order valence-corrected chi connectivity index (χ2v) is 6.06. The number of para-hydroxylation sites is 1. The van der Waals surface area contributed by atoms with Crippen molar-refractivity contribution in [1.82, 2.24) is 9.55 Å². The van der Waals surface area contributed by atoms with Crippen LogP contribution in [0, 0.1) is 6.92 Å². The lowest BCUT2D eigenvalue weighted by atomic mass is 10.3. The lowest BCUT2D eigenvalue weighted by molar-refractivity contribution is -0.142. The van der Waals surface area contributed by atoms with Crippen molar-refractivity contribution >= 4 is 17.3 Å². The average Bonchev–Trinajstić information content (AvgIpc) is 3.29. The minimum Gasteiger partial charge on any atom is -0.477 e. The van der Waals surface area contributed by atoms with Gasteiger partial charge in [-0.05, 0) is 25.1 Å². The number of hydrogen-bond donors (Lipinski definition) is 1. The maximum Gasteiger partial charge on any atom is 0.431 e. The molecule has 0 amide bonds. The number of rotatable bonds is 3. The van der Waals surface area contributed by atoms with Crippen molar-refractivity contribution in [3.05, 3.63) is 58.9 Å². The van der Waals surface area contributed by atoms with Gasteiger partial charge < -0.3 is 9.67 Å². The normalized spacial score (nSPS) is 10.4. The second-order valence-electron chi connectivity index (χ2n) is 5.06. The van der Waals surface area contributed by atoms with E-state index in [-0.39, 0.29) is 21.1 Å². The van der Waals surface area contributed by atoms with E-state index in [1.54, 1.807) is 30.3 Å². The number of halogens is 3. The third-order valence-corrected chi connectivity index (χ3v) is 4.58. The highest BCUT2D eigenvalue weighted by molar-refractivity contribution is 7.17. The summed E-state index contributed by atoms with van der Waals surface area (Å²) in [5, 5.41) is 9.32. The molecule has 0 aliphatic heterocycles. The molecule has 152 valence electrons. The molecule has 2 heterocycles. The first-order chi connectivity index (χ1) is 13.3. The standard InChI is InChI=1S/C16H11F3N2O2S.2C2H6/c1-9-13(15(22)23)24-14(20-9)10-7-12(16(17,18)19)21(8-10)11-5-3-2-4-6-11;2*1-2/h2-8H,1H3,(H,22,23);2*1-2H3. The largest absolute Gasteiger partial charge is 0.477 e. The van der Waals surface area contributed by atoms with E-state index in [2.05, 4.69) is 4.98 Å². The summed E-state index contributed by atoms with van der Waals surface area (Å²) in [6.45, 7) is 9.52. The maximum atomic E-state index is 13.3. The van der Waals surface area contributed by atoms with E-state index in [1.807, 2.05) is 27.7 Å². The van der Waals surface area contributed by atoms with Crippen LogP contribution in [0.25, 0.3) is 16.3 Å². The number of nitrogens with zero attached hydrogens (tertiary/aromatic N) is 2. The highest BCUT2D eigenvalue weighted by atomic mass is 32.1. The highest BCUT2D eigenvalue weighted by Crippen LogP contribution is 2.37. The van der Waals surface area contributed by atoms with Gasteiger partial charge in [0.1, 0.15) is 15.6 Å². The molecule has 0 saturated carbocycles. The number of carboxylic acids is 1. The van der Waals surface area contributed by atoms with Crippen LogP contribution in [0.3, 0.4) is 0 Å². The lowest BCUT2D eigenvalue weighted by Crippen LogP contribution is -2.11. The van der Waals surface area contributed by atoms with Crippen molar-refractivity contribution in [2.45, 2.75) is 40.8 Å². The van der Waals surface area contributed by atoms with Crippen LogP contribution < -0.4 is 0 Å². The van der Waals surface area contributed by atoms with Crippen LogP contribution in [0.1, 0.15) is 48.8 Å². The Bertz CT molecular complexity index is 900. The van der Waals surface area contributed by atoms with Crippen molar-refractivity contribution in [3.63, 3.8) is 0 Å². The Morgan fingerprint density at radius 1 is 1.11 bits per heavy atom. The number of aromatic nitrogens is 2. The molecule has 0 fully saturated rings. The molecule has 0 unspecified atom stereocenters. The third kappa shape index (κ3) is 5.22. The van der Waals surface area contributed by atoms with Gasteiger partial charge >= 0.3 is 12.1 Å². The Kier molecular flexibility index (Phi) is 8.43. The molecule has 0 spiro atoms. The van der Waals surface area contributed by atoms with Crippen LogP contribution >= 0.6 is 11.3 Å². The quantitative estimate of drug-likeness (QED) is 0.522. The zero-order valence-electron chi connectivity index (χ0n) is 16.3. The van der Waals surface area contributed by atoms with Crippen molar-refractivity contribution in [1.29, 1.82) is 0 Å². The summed E-state index contributed by atoms with van der Waals surface area (Å²) >= 11 is 0.857. The molecule has 0 saturated heterocycles. The summed E-state index contributed by atoms with van der Waals surface area (Å²) in [6, 6.07) is 9.11. The molecular formula is C20H23F3N2O2S. The first kappa shape index (κ1) is 23.4. The Labute approximate surface area is 166 Å². The first-order valence-electron chi connectivity index (χ1n) is 8.83. The van der Waals surface area contributed by atoms with Crippen molar-refractivity contribution in [2.24, 2.45) is 0 Å². The van der Waals surface area contributed by atoms with Gasteiger partial charge in [0.2, 0.25) is 0 Å². The van der Waals surface area contributed by atoms with Crippen LogP contribution in [-0.2, 0) is 6.18 Å². The number of aromatic carboxylic acids is 1. The van der Waals surface area contributed by atoms with Gasteiger partial charge in [0, 0.05) is 17.4 Å². The molecule has 2 aromatic heterocycles. The maximum absolute atomic E-state index is 13.3. The highest BCUT2D eigenvalue weighted by Gasteiger charge is 2.35. The molecule has 3 rings (SSSR count). The van der Waals surface area contributed by atoms with E-state index in [0.29, 0.717) is 5.69 Å². The summed E-state index contributed by atoms with van der Waals surface area (Å²) in [7, 11) is 0. The molecule has 0 radical (unpaired) electrons. The summed E-state index contributed by atoms with van der Waals surface area (Å²) < 4.78 is 41.1. The first-order valence-corrected chi connectivity index (χ1v) is 9.65. The van der Waals surface area contributed by atoms with Gasteiger partial charge in [-0.15, -0.1) is 11.3 Å². The molecule has 3 aromatic rings. The number of carboxylic acid groups (broad SMARTS) is 1. The fraction of sp³-hybridized carbons (Fsp3) is 0.300. The zero-order chi connectivity index (χ0) is 21.5. The van der Waals surface area contributed by atoms with E-state index >= 15 is 0 Å². The predicted molar refractivity (Wildman–Crippen MR) is 106 cm³/mol. The monoisotopic (exact) mass is 412 g/mol. The Morgan fingerprint density at radius 3 is 2.14 bits per heavy atom. The van der Waals surface area contributed by atoms with Crippen LogP contribution in [0.15, 0.2) is 42.6 Å². The van der Waals surface area contributed by atoms with Crippen LogP contribution in [-0.4, -0.2) is 20.6 Å². The number of aryl methyl sites for hydroxylation is 1. The van der Waals surface area contributed by atoms with E-state index in [4.69, 9.17) is 5.11 Å². The smallest absolute Gasteiger partial charge is 0.431 e. The predicted octanol–water partition coefficient (Wildman–Crippen LogP) is 6.68. The topological polar surface area (TPSA) is 55.1 Å². The summed E-state index contributed by atoms with van der Waals surface area (Å²) in [6.07, 6.45) is -3.22. The number of hydrogen-bond acceptors (Lipinski definition) is 3. The van der Waals surface area contributed by atoms with Gasteiger partial charge in [-0.3, -0.25) is 0 Å². The van der Waals surface area contributed by atoms with E-state index in [1.165, 1.54) is 13.1 Å². The Hall–Kier alpha value is -2.61. The van der Waals surface area contributed by atoms with Crippen LogP contribution in [0.4, 0.5) is 13.2 Å². The van der Waals surface area contributed by atoms with E-state index < -0.39 is 17.8 Å². The minimum absolute atomic E-state index is 0.0195. The molecule has 0 aliphatic rings. The molecule has 1 aromatic carbocycles. The van der Waals surface area contributed by atoms with Crippen molar-refractivity contribution in [3.8, 4) is 16.3 Å². The van der Waals surface area contributed by atoms with Gasteiger partial charge in [0.25, 0.3) is 0 Å². The van der Waals surface area contributed by atoms with Crippen molar-refractivity contribution < 1.29 is 23.1 Å². The zero-order valence-corrected chi connectivity index (χ0v) is 17.1. The summed E-state index contributed by atoms with van der Waals surface area (Å²) in [5.74, 6) is -1.14. The molecule has 4 nitrogen and oxygen atoms in total. The van der Waals surface area contributed by atoms with Gasteiger partial charge in [0.05, 0.1) is 5.69 Å². The van der Waals surface area contributed by atoms with Crippen LogP contribution in [0.2, 0.25) is 0 Å². The Balaban J connectivity index is 0.000000921. The molecule has 0 bridgehead atoms. The minimum atomic E-state index is -4.55. The van der Waals surface area contributed by atoms with E-state index in [9.17, 15) is 18.0 Å². The fourth-order valence-corrected chi connectivity index (χ4v) is 3.20. The summed E-state index contributed by atoms with van der Waals surface area (Å²) in [5.41, 5.74) is 0.0338. The van der Waals surface area contributed by atoms with Crippen LogP contribution in [0.5, 0.6) is 0 Å². The molecular weight excluding hydrogens is 389 g/mol. The van der Waals surface area contributed by atoms with E-state index in [0.717, 1.165) is 22.0 Å². The van der Waals surface area contributed by atoms with Crippen molar-refractivity contribution in [2.75, 3.05) is 0 Å². The third-order valence-electron chi connectivity index (χ3n) is 3.38. The number of benzene rings is 1. The average molecular weight is 412 g/mol. The van der Waals surface area contributed by atoms with Gasteiger partial charge in [-0.2, -0.15) is 13.2 Å². The molecule has 0 aliphatic carbocycles. The van der Waals surface area contributed by atoms with Gasteiger partial charge in [-0.25, -0.2) is 9.78 Å².